The number of nitrogens with one attached hydrogen (secondary N) is 3. The second kappa shape index (κ2) is 9.79. The molecule has 1 unspecified atom stereocenters. The Morgan fingerprint density at radius 3 is 2.30 bits per heavy atom. The Morgan fingerprint density at radius 1 is 1.13 bits per heavy atom. The van der Waals surface area contributed by atoms with Crippen LogP contribution >= 0.6 is 0 Å². The van der Waals surface area contributed by atoms with Crippen LogP contribution in [-0.2, 0) is 16.8 Å². The quantitative estimate of drug-likeness (QED) is 0.515. The predicted octanol–water partition coefficient (Wildman–Crippen LogP) is 4.45. The van der Waals surface area contributed by atoms with Gasteiger partial charge in [-0.3, -0.25) is 0 Å². The summed E-state index contributed by atoms with van der Waals surface area (Å²) in [5.41, 5.74) is 1.83. The summed E-state index contributed by atoms with van der Waals surface area (Å²) in [5.74, 6) is -1.00. The van der Waals surface area contributed by atoms with Gasteiger partial charge < -0.3 is 21.1 Å². The molecule has 0 heterocycles. The molecule has 30 heavy (non-hydrogen) atoms. The van der Waals surface area contributed by atoms with E-state index in [1.807, 2.05) is 26.8 Å². The van der Waals surface area contributed by atoms with Crippen LogP contribution in [0.5, 0.6) is 0 Å². The molecule has 0 aliphatic rings. The van der Waals surface area contributed by atoms with Crippen molar-refractivity contribution in [3.05, 3.63) is 59.2 Å². The van der Waals surface area contributed by atoms with Gasteiger partial charge in [0.25, 0.3) is 0 Å². The molecule has 2 amide bonds. The van der Waals surface area contributed by atoms with Crippen LogP contribution in [0.3, 0.4) is 0 Å². The van der Waals surface area contributed by atoms with Crippen LogP contribution in [0.1, 0.15) is 50.8 Å². The topological polar surface area (TPSA) is 114 Å². The Bertz CT molecular complexity index is 948. The maximum Gasteiger partial charge on any atom is 0.334 e. The Morgan fingerprint density at radius 2 is 1.80 bits per heavy atom. The van der Waals surface area contributed by atoms with Gasteiger partial charge >= 0.3 is 12.0 Å². The number of hydrogen-bond acceptors (Lipinski definition) is 4. The number of urea groups is 1. The number of aliphatic carboxylic acids is 1. The monoisotopic (exact) mass is 408 g/mol. The highest BCUT2D eigenvalue weighted by Crippen LogP contribution is 2.33. The van der Waals surface area contributed by atoms with Crippen molar-refractivity contribution in [1.29, 1.82) is 5.26 Å². The molecule has 0 saturated carbocycles. The Hall–Kier alpha value is -3.53. The third-order valence-electron chi connectivity index (χ3n) is 4.91. The van der Waals surface area contributed by atoms with E-state index in [1.165, 1.54) is 0 Å². The SMILES string of the molecule is CCc1cc(C(CC)(Nc2ccc(C#N)cc2)C(=O)O)ccc1NC(=O)NC(C)C. The molecule has 158 valence electrons. The molecule has 7 nitrogen and oxygen atoms in total. The van der Waals surface area contributed by atoms with Gasteiger partial charge in [-0.05, 0) is 68.1 Å². The maximum atomic E-state index is 12.4. The van der Waals surface area contributed by atoms with Crippen molar-refractivity contribution in [2.45, 2.75) is 52.1 Å². The van der Waals surface area contributed by atoms with Crippen LogP contribution < -0.4 is 16.0 Å². The fourth-order valence-corrected chi connectivity index (χ4v) is 3.26. The number of aryl methyl sites for hydroxylation is 1. The van der Waals surface area contributed by atoms with Crippen LogP contribution in [0, 0.1) is 11.3 Å². The molecule has 0 aliphatic carbocycles. The van der Waals surface area contributed by atoms with Crippen molar-refractivity contribution < 1.29 is 14.7 Å². The first-order valence-electron chi connectivity index (χ1n) is 9.98. The smallest absolute Gasteiger partial charge is 0.334 e. The fraction of sp³-hybridized carbons (Fsp3) is 0.348. The predicted molar refractivity (Wildman–Crippen MR) is 117 cm³/mol. The van der Waals surface area contributed by atoms with E-state index < -0.39 is 11.5 Å². The lowest BCUT2D eigenvalue weighted by molar-refractivity contribution is -0.142. The normalized spacial score (nSPS) is 12.5. The number of hydrogen-bond donors (Lipinski definition) is 4. The van der Waals surface area contributed by atoms with Crippen LogP contribution in [0.4, 0.5) is 16.2 Å². The standard InChI is InChI=1S/C23H28N4O3/c1-5-17-13-18(9-12-20(17)26-22(30)25-15(3)4)23(6-2,21(28)29)27-19-10-7-16(14-24)8-11-19/h7-13,15,27H,5-6H2,1-4H3,(H,28,29)(H2,25,26,30). The summed E-state index contributed by atoms with van der Waals surface area (Å²) in [6.45, 7) is 7.51. The van der Waals surface area contributed by atoms with Crippen molar-refractivity contribution in [2.75, 3.05) is 10.6 Å². The molecule has 4 N–H and O–H groups in total. The fourth-order valence-electron chi connectivity index (χ4n) is 3.26. The van der Waals surface area contributed by atoms with E-state index in [1.54, 1.807) is 43.3 Å². The van der Waals surface area contributed by atoms with E-state index in [-0.39, 0.29) is 12.1 Å². The summed E-state index contributed by atoms with van der Waals surface area (Å²) in [7, 11) is 0. The Labute approximate surface area is 177 Å². The van der Waals surface area contributed by atoms with Gasteiger partial charge in [0.1, 0.15) is 0 Å². The number of benzene rings is 2. The lowest BCUT2D eigenvalue weighted by atomic mass is 9.85. The second-order valence-electron chi connectivity index (χ2n) is 7.36. The van der Waals surface area contributed by atoms with E-state index in [0.29, 0.717) is 35.3 Å². The molecule has 0 fully saturated rings. The number of anilines is 2. The van der Waals surface area contributed by atoms with Gasteiger partial charge in [-0.2, -0.15) is 5.26 Å². The van der Waals surface area contributed by atoms with Crippen LogP contribution in [-0.4, -0.2) is 23.1 Å². The molecule has 0 radical (unpaired) electrons. The zero-order valence-electron chi connectivity index (χ0n) is 17.7. The van der Waals surface area contributed by atoms with Crippen molar-refractivity contribution in [3.63, 3.8) is 0 Å². The van der Waals surface area contributed by atoms with E-state index in [4.69, 9.17) is 5.26 Å². The molecule has 1 atom stereocenters. The summed E-state index contributed by atoms with van der Waals surface area (Å²) >= 11 is 0. The lowest BCUT2D eigenvalue weighted by Crippen LogP contribution is -2.43. The molecule has 0 spiro atoms. The number of carbonyl (C=O) groups excluding carboxylic acids is 1. The second-order valence-corrected chi connectivity index (χ2v) is 7.36. The molecular formula is C23H28N4O3. The van der Waals surface area contributed by atoms with Gasteiger partial charge in [0.2, 0.25) is 0 Å². The minimum absolute atomic E-state index is 0.00530. The van der Waals surface area contributed by atoms with Crippen LogP contribution in [0.15, 0.2) is 42.5 Å². The average molecular weight is 409 g/mol. The molecule has 2 rings (SSSR count). The van der Waals surface area contributed by atoms with Gasteiger partial charge in [-0.25, -0.2) is 9.59 Å². The molecule has 7 heteroatoms. The third kappa shape index (κ3) is 5.09. The highest BCUT2D eigenvalue weighted by atomic mass is 16.4. The molecule has 2 aromatic rings. The number of carbonyl (C=O) groups is 2. The number of carboxylic acids is 1. The summed E-state index contributed by atoms with van der Waals surface area (Å²) < 4.78 is 0. The first-order chi connectivity index (χ1) is 14.2. The molecule has 0 bridgehead atoms. The zero-order valence-corrected chi connectivity index (χ0v) is 17.7. The largest absolute Gasteiger partial charge is 0.479 e. The number of nitrogens with zero attached hydrogens (tertiary/aromatic N) is 1. The summed E-state index contributed by atoms with van der Waals surface area (Å²) in [6, 6.07) is 13.7. The highest BCUT2D eigenvalue weighted by Gasteiger charge is 2.39. The van der Waals surface area contributed by atoms with Gasteiger partial charge in [0.15, 0.2) is 5.54 Å². The molecule has 2 aromatic carbocycles. The number of amides is 2. The van der Waals surface area contributed by atoms with E-state index >= 15 is 0 Å². The van der Waals surface area contributed by atoms with Gasteiger partial charge in [0, 0.05) is 17.4 Å². The molecular weight excluding hydrogens is 380 g/mol. The lowest BCUT2D eigenvalue weighted by Gasteiger charge is -2.32. The van der Waals surface area contributed by atoms with E-state index in [9.17, 15) is 14.7 Å². The van der Waals surface area contributed by atoms with Gasteiger partial charge in [0.05, 0.1) is 11.6 Å². The van der Waals surface area contributed by atoms with Gasteiger partial charge in [-0.15, -0.1) is 0 Å². The number of rotatable bonds is 8. The average Bonchev–Trinajstić information content (AvgIpc) is 2.72. The minimum atomic E-state index is -1.35. The summed E-state index contributed by atoms with van der Waals surface area (Å²) in [5, 5.41) is 27.8. The first-order valence-corrected chi connectivity index (χ1v) is 9.98. The summed E-state index contributed by atoms with van der Waals surface area (Å²) in [4.78, 5) is 24.4. The highest BCUT2D eigenvalue weighted by molar-refractivity contribution is 5.91. The van der Waals surface area contributed by atoms with Crippen molar-refractivity contribution in [3.8, 4) is 6.07 Å². The molecule has 0 aliphatic heterocycles. The van der Waals surface area contributed by atoms with Crippen LogP contribution in [0.25, 0.3) is 0 Å². The summed E-state index contributed by atoms with van der Waals surface area (Å²) in [6.07, 6.45) is 0.924. The van der Waals surface area contributed by atoms with E-state index in [2.05, 4.69) is 22.0 Å². The molecule has 0 aromatic heterocycles. The molecule has 0 saturated heterocycles. The van der Waals surface area contributed by atoms with Gasteiger partial charge in [-0.1, -0.05) is 26.0 Å². The van der Waals surface area contributed by atoms with Crippen LogP contribution in [0.2, 0.25) is 0 Å². The zero-order chi connectivity index (χ0) is 22.3. The first kappa shape index (κ1) is 22.8. The van der Waals surface area contributed by atoms with Crippen molar-refractivity contribution in [2.24, 2.45) is 0 Å². The van der Waals surface area contributed by atoms with Crippen molar-refractivity contribution >= 4 is 23.4 Å². The minimum Gasteiger partial charge on any atom is -0.479 e. The van der Waals surface area contributed by atoms with Crippen molar-refractivity contribution in [1.82, 2.24) is 5.32 Å². The number of nitriles is 1. The number of carboxylic acid groups (broad SMARTS) is 1. The van der Waals surface area contributed by atoms with E-state index in [0.717, 1.165) is 5.56 Å². The Balaban J connectivity index is 2.42. The third-order valence-corrected chi connectivity index (χ3v) is 4.91. The Kier molecular flexibility index (Phi) is 7.43. The maximum absolute atomic E-state index is 12.4.